The third kappa shape index (κ3) is 4.87. The lowest BCUT2D eigenvalue weighted by atomic mass is 10.1. The molecule has 0 spiro atoms. The molecule has 118 valence electrons. The van der Waals surface area contributed by atoms with Crippen LogP contribution in [0, 0.1) is 0 Å². The molecule has 0 radical (unpaired) electrons. The van der Waals surface area contributed by atoms with Crippen molar-refractivity contribution in [3.63, 3.8) is 0 Å². The number of hydrogen-bond donors (Lipinski definition) is 1. The van der Waals surface area contributed by atoms with Gasteiger partial charge in [0, 0.05) is 17.1 Å². The fourth-order valence-electron chi connectivity index (χ4n) is 2.61. The van der Waals surface area contributed by atoms with Crippen LogP contribution in [0.1, 0.15) is 45.6 Å². The molecule has 0 aromatic heterocycles. The summed E-state index contributed by atoms with van der Waals surface area (Å²) in [7, 11) is 0. The minimum Gasteiger partial charge on any atom is -0.490 e. The Morgan fingerprint density at radius 3 is 2.90 bits per heavy atom. The van der Waals surface area contributed by atoms with E-state index in [0.717, 1.165) is 48.7 Å². The summed E-state index contributed by atoms with van der Waals surface area (Å²) < 4.78 is 11.9. The van der Waals surface area contributed by atoms with Crippen LogP contribution in [0.5, 0.6) is 5.75 Å². The Morgan fingerprint density at radius 2 is 2.24 bits per heavy atom. The molecule has 1 atom stereocenters. The molecule has 21 heavy (non-hydrogen) atoms. The van der Waals surface area contributed by atoms with Crippen LogP contribution in [0.25, 0.3) is 0 Å². The number of rotatable bonds is 7. The average molecular weight is 312 g/mol. The van der Waals surface area contributed by atoms with Gasteiger partial charge in [-0.2, -0.15) is 0 Å². The number of halogens is 1. The molecule has 1 aliphatic heterocycles. The second kappa shape index (κ2) is 7.48. The van der Waals surface area contributed by atoms with E-state index >= 15 is 0 Å². The first-order chi connectivity index (χ1) is 10.0. The number of nitrogens with one attached hydrogen (secondary N) is 1. The second-order valence-electron chi connectivity index (χ2n) is 6.24. The van der Waals surface area contributed by atoms with Crippen molar-refractivity contribution in [2.75, 3.05) is 13.2 Å². The molecule has 2 rings (SSSR count). The maximum atomic E-state index is 6.30. The van der Waals surface area contributed by atoms with E-state index in [1.807, 2.05) is 18.2 Å². The van der Waals surface area contributed by atoms with E-state index in [1.165, 1.54) is 0 Å². The van der Waals surface area contributed by atoms with Crippen LogP contribution in [-0.2, 0) is 11.3 Å². The monoisotopic (exact) mass is 311 g/mol. The Hall–Kier alpha value is -0.770. The van der Waals surface area contributed by atoms with Crippen molar-refractivity contribution in [2.24, 2.45) is 0 Å². The summed E-state index contributed by atoms with van der Waals surface area (Å²) in [5.74, 6) is 0.861. The van der Waals surface area contributed by atoms with Gasteiger partial charge >= 0.3 is 0 Å². The quantitative estimate of drug-likeness (QED) is 0.766. The molecule has 3 nitrogen and oxygen atoms in total. The smallest absolute Gasteiger partial charge is 0.125 e. The van der Waals surface area contributed by atoms with Crippen molar-refractivity contribution in [1.82, 2.24) is 5.32 Å². The maximum Gasteiger partial charge on any atom is 0.125 e. The first-order valence-corrected chi connectivity index (χ1v) is 8.18. The Morgan fingerprint density at radius 1 is 1.43 bits per heavy atom. The highest BCUT2D eigenvalue weighted by Gasteiger charge is 2.32. The van der Waals surface area contributed by atoms with E-state index in [1.54, 1.807) is 0 Å². The molecule has 1 N–H and O–H groups in total. The van der Waals surface area contributed by atoms with Crippen molar-refractivity contribution < 1.29 is 9.47 Å². The van der Waals surface area contributed by atoms with E-state index in [-0.39, 0.29) is 11.7 Å². The molecule has 0 amide bonds. The van der Waals surface area contributed by atoms with Crippen molar-refractivity contribution in [1.29, 1.82) is 0 Å². The topological polar surface area (TPSA) is 30.5 Å². The van der Waals surface area contributed by atoms with Gasteiger partial charge in [0.1, 0.15) is 12.4 Å². The van der Waals surface area contributed by atoms with Gasteiger partial charge in [0.05, 0.1) is 11.7 Å². The van der Waals surface area contributed by atoms with Crippen molar-refractivity contribution in [3.05, 3.63) is 28.8 Å². The molecule has 1 heterocycles. The molecule has 1 aliphatic rings. The van der Waals surface area contributed by atoms with Crippen LogP contribution in [0.4, 0.5) is 0 Å². The summed E-state index contributed by atoms with van der Waals surface area (Å²) in [6.45, 7) is 8.71. The molecule has 0 saturated carbocycles. The zero-order valence-corrected chi connectivity index (χ0v) is 14.0. The summed E-state index contributed by atoms with van der Waals surface area (Å²) in [6.07, 6.45) is 3.42. The van der Waals surface area contributed by atoms with Crippen molar-refractivity contribution in [3.8, 4) is 5.75 Å². The van der Waals surface area contributed by atoms with Crippen LogP contribution in [0.3, 0.4) is 0 Å². The Kier molecular flexibility index (Phi) is 5.91. The Bertz CT molecular complexity index is 462. The summed E-state index contributed by atoms with van der Waals surface area (Å²) in [4.78, 5) is 0. The van der Waals surface area contributed by atoms with Gasteiger partial charge in [0.25, 0.3) is 0 Å². The molecule has 1 unspecified atom stereocenters. The Labute approximate surface area is 133 Å². The van der Waals surface area contributed by atoms with Gasteiger partial charge in [-0.3, -0.25) is 0 Å². The zero-order chi connectivity index (χ0) is 15.3. The summed E-state index contributed by atoms with van der Waals surface area (Å²) in [6, 6.07) is 5.82. The van der Waals surface area contributed by atoms with Gasteiger partial charge in [-0.1, -0.05) is 24.6 Å². The van der Waals surface area contributed by atoms with Crippen LogP contribution < -0.4 is 10.1 Å². The van der Waals surface area contributed by atoms with Crippen LogP contribution in [0.2, 0.25) is 5.02 Å². The fourth-order valence-corrected chi connectivity index (χ4v) is 2.85. The highest BCUT2D eigenvalue weighted by Crippen LogP contribution is 2.31. The molecule has 0 aliphatic carbocycles. The third-order valence-electron chi connectivity index (χ3n) is 3.78. The largest absolute Gasteiger partial charge is 0.490 e. The van der Waals surface area contributed by atoms with E-state index in [0.29, 0.717) is 6.61 Å². The first kappa shape index (κ1) is 16.6. The van der Waals surface area contributed by atoms with E-state index in [2.05, 4.69) is 26.1 Å². The molecular formula is C17H26ClNO2. The van der Waals surface area contributed by atoms with E-state index in [9.17, 15) is 0 Å². The predicted molar refractivity (Wildman–Crippen MR) is 87.1 cm³/mol. The molecule has 0 bridgehead atoms. The van der Waals surface area contributed by atoms with E-state index < -0.39 is 0 Å². The van der Waals surface area contributed by atoms with Gasteiger partial charge in [-0.15, -0.1) is 0 Å². The van der Waals surface area contributed by atoms with Gasteiger partial charge in [0.15, 0.2) is 0 Å². The van der Waals surface area contributed by atoms with Crippen LogP contribution >= 0.6 is 11.6 Å². The summed E-state index contributed by atoms with van der Waals surface area (Å²) >= 11 is 6.30. The third-order valence-corrected chi connectivity index (χ3v) is 4.14. The first-order valence-electron chi connectivity index (χ1n) is 7.80. The summed E-state index contributed by atoms with van der Waals surface area (Å²) in [5, 5.41) is 4.13. The average Bonchev–Trinajstić information content (AvgIpc) is 2.78. The Balaban J connectivity index is 1.94. The highest BCUT2D eigenvalue weighted by atomic mass is 35.5. The molecule has 1 fully saturated rings. The van der Waals surface area contributed by atoms with Crippen LogP contribution in [0.15, 0.2) is 18.2 Å². The highest BCUT2D eigenvalue weighted by molar-refractivity contribution is 6.31. The van der Waals surface area contributed by atoms with Crippen LogP contribution in [-0.4, -0.2) is 24.9 Å². The second-order valence-corrected chi connectivity index (χ2v) is 6.65. The SMILES string of the molecule is CCCNCc1c(Cl)cccc1OCC1CCC(C)(C)O1. The molecule has 1 aromatic rings. The fraction of sp³-hybridized carbons (Fsp3) is 0.647. The number of ether oxygens (including phenoxy) is 2. The molecule has 1 saturated heterocycles. The minimum absolute atomic E-state index is 0.0200. The minimum atomic E-state index is -0.0200. The zero-order valence-electron chi connectivity index (χ0n) is 13.2. The predicted octanol–water partition coefficient (Wildman–Crippen LogP) is 4.18. The standard InChI is InChI=1S/C17H26ClNO2/c1-4-10-19-11-14-15(18)6-5-7-16(14)20-12-13-8-9-17(2,3)21-13/h5-7,13,19H,4,8-12H2,1-3H3. The van der Waals surface area contributed by atoms with Gasteiger partial charge in [-0.05, 0) is 51.8 Å². The van der Waals surface area contributed by atoms with Gasteiger partial charge < -0.3 is 14.8 Å². The van der Waals surface area contributed by atoms with Crippen molar-refractivity contribution >= 4 is 11.6 Å². The number of benzene rings is 1. The maximum absolute atomic E-state index is 6.30. The lowest BCUT2D eigenvalue weighted by molar-refractivity contribution is -0.0327. The van der Waals surface area contributed by atoms with Gasteiger partial charge in [-0.25, -0.2) is 0 Å². The summed E-state index contributed by atoms with van der Waals surface area (Å²) in [5.41, 5.74) is 1.01. The van der Waals surface area contributed by atoms with Crippen molar-refractivity contribution in [2.45, 2.75) is 58.3 Å². The molecular weight excluding hydrogens is 286 g/mol. The van der Waals surface area contributed by atoms with E-state index in [4.69, 9.17) is 21.1 Å². The normalized spacial score (nSPS) is 20.7. The lowest BCUT2D eigenvalue weighted by Crippen LogP contribution is -2.24. The number of hydrogen-bond acceptors (Lipinski definition) is 3. The molecule has 4 heteroatoms. The lowest BCUT2D eigenvalue weighted by Gasteiger charge is -2.20. The molecule has 1 aromatic carbocycles. The van der Waals surface area contributed by atoms with Gasteiger partial charge in [0.2, 0.25) is 0 Å².